The van der Waals surface area contributed by atoms with Crippen LogP contribution in [0.2, 0.25) is 0 Å². The predicted molar refractivity (Wildman–Crippen MR) is 79.2 cm³/mol. The van der Waals surface area contributed by atoms with Crippen LogP contribution in [0.3, 0.4) is 0 Å². The molecule has 0 atom stereocenters. The Bertz CT molecular complexity index is 364. The summed E-state index contributed by atoms with van der Waals surface area (Å²) in [6.07, 6.45) is 6.61. The summed E-state index contributed by atoms with van der Waals surface area (Å²) in [5.41, 5.74) is 1.28. The molecule has 0 radical (unpaired) electrons. The molecule has 108 valence electrons. The first kappa shape index (κ1) is 14.5. The third-order valence-corrected chi connectivity index (χ3v) is 4.09. The molecule has 1 aliphatic heterocycles. The van der Waals surface area contributed by atoms with Gasteiger partial charge in [-0.2, -0.15) is 0 Å². The zero-order valence-electron chi connectivity index (χ0n) is 12.6. The standard InChI is InChI=1S/C15H28N4/c1-13(2)19-12-17-11-15(19)10-16-6-9-18-7-4-14(3)5-8-18/h11-14,16H,4-10H2,1-3H3. The second-order valence-electron chi connectivity index (χ2n) is 6.09. The van der Waals surface area contributed by atoms with Crippen molar-refractivity contribution in [2.45, 2.75) is 46.2 Å². The van der Waals surface area contributed by atoms with Gasteiger partial charge in [-0.05, 0) is 45.7 Å². The summed E-state index contributed by atoms with van der Waals surface area (Å²) < 4.78 is 2.23. The molecular formula is C15H28N4. The van der Waals surface area contributed by atoms with Gasteiger partial charge >= 0.3 is 0 Å². The van der Waals surface area contributed by atoms with Gasteiger partial charge in [0.15, 0.2) is 0 Å². The maximum absolute atomic E-state index is 4.23. The molecule has 4 heteroatoms. The number of likely N-dealkylation sites (tertiary alicyclic amines) is 1. The summed E-state index contributed by atoms with van der Waals surface area (Å²) in [5.74, 6) is 0.921. The van der Waals surface area contributed by atoms with Crippen LogP contribution >= 0.6 is 0 Å². The minimum absolute atomic E-state index is 0.489. The van der Waals surface area contributed by atoms with Crippen molar-refractivity contribution in [2.24, 2.45) is 5.92 Å². The summed E-state index contributed by atoms with van der Waals surface area (Å²) in [5, 5.41) is 3.54. The monoisotopic (exact) mass is 264 g/mol. The van der Waals surface area contributed by atoms with Crippen molar-refractivity contribution in [2.75, 3.05) is 26.2 Å². The van der Waals surface area contributed by atoms with Gasteiger partial charge in [-0.1, -0.05) is 6.92 Å². The molecule has 2 heterocycles. The molecule has 0 unspecified atom stereocenters. The molecule has 1 fully saturated rings. The molecule has 1 aliphatic rings. The van der Waals surface area contributed by atoms with E-state index >= 15 is 0 Å². The second kappa shape index (κ2) is 7.06. The summed E-state index contributed by atoms with van der Waals surface area (Å²) in [6.45, 7) is 12.4. The Hall–Kier alpha value is -0.870. The fourth-order valence-corrected chi connectivity index (χ4v) is 2.67. The summed E-state index contributed by atoms with van der Waals surface area (Å²) in [6, 6.07) is 0.489. The lowest BCUT2D eigenvalue weighted by Gasteiger charge is -2.30. The van der Waals surface area contributed by atoms with E-state index in [0.717, 1.165) is 19.0 Å². The zero-order chi connectivity index (χ0) is 13.7. The summed E-state index contributed by atoms with van der Waals surface area (Å²) in [4.78, 5) is 6.81. The molecule has 0 aliphatic carbocycles. The van der Waals surface area contributed by atoms with E-state index < -0.39 is 0 Å². The average Bonchev–Trinajstić information content (AvgIpc) is 2.85. The maximum atomic E-state index is 4.23. The van der Waals surface area contributed by atoms with Crippen molar-refractivity contribution in [3.8, 4) is 0 Å². The maximum Gasteiger partial charge on any atom is 0.0951 e. The summed E-state index contributed by atoms with van der Waals surface area (Å²) in [7, 11) is 0. The minimum atomic E-state index is 0.489. The van der Waals surface area contributed by atoms with E-state index in [0.29, 0.717) is 6.04 Å². The minimum Gasteiger partial charge on any atom is -0.331 e. The highest BCUT2D eigenvalue weighted by Crippen LogP contribution is 2.15. The Morgan fingerprint density at radius 1 is 1.37 bits per heavy atom. The van der Waals surface area contributed by atoms with Gasteiger partial charge in [-0.15, -0.1) is 0 Å². The fourth-order valence-electron chi connectivity index (χ4n) is 2.67. The van der Waals surface area contributed by atoms with Gasteiger partial charge in [0.25, 0.3) is 0 Å². The average molecular weight is 264 g/mol. The number of piperidine rings is 1. The first-order valence-electron chi connectivity index (χ1n) is 7.60. The van der Waals surface area contributed by atoms with Crippen molar-refractivity contribution in [1.29, 1.82) is 0 Å². The smallest absolute Gasteiger partial charge is 0.0951 e. The van der Waals surface area contributed by atoms with Crippen molar-refractivity contribution in [3.05, 3.63) is 18.2 Å². The second-order valence-corrected chi connectivity index (χ2v) is 6.09. The number of imidazole rings is 1. The van der Waals surface area contributed by atoms with Crippen molar-refractivity contribution < 1.29 is 0 Å². The van der Waals surface area contributed by atoms with Crippen molar-refractivity contribution >= 4 is 0 Å². The first-order valence-corrected chi connectivity index (χ1v) is 7.60. The molecule has 1 aromatic heterocycles. The molecule has 19 heavy (non-hydrogen) atoms. The third-order valence-electron chi connectivity index (χ3n) is 4.09. The van der Waals surface area contributed by atoms with Crippen LogP contribution in [-0.2, 0) is 6.54 Å². The first-order chi connectivity index (χ1) is 9.16. The third kappa shape index (κ3) is 4.32. The molecular weight excluding hydrogens is 236 g/mol. The Kier molecular flexibility index (Phi) is 5.40. The molecule has 0 aromatic carbocycles. The molecule has 1 aromatic rings. The van der Waals surface area contributed by atoms with Crippen LogP contribution in [0.1, 0.15) is 45.3 Å². The van der Waals surface area contributed by atoms with Crippen LogP contribution in [0.4, 0.5) is 0 Å². The highest BCUT2D eigenvalue weighted by molar-refractivity contribution is 4.99. The Balaban J connectivity index is 1.65. The Labute approximate surface area is 117 Å². The van der Waals surface area contributed by atoms with Crippen LogP contribution in [0.15, 0.2) is 12.5 Å². The van der Waals surface area contributed by atoms with E-state index in [1.807, 2.05) is 12.5 Å². The van der Waals surface area contributed by atoms with E-state index in [-0.39, 0.29) is 0 Å². The quantitative estimate of drug-likeness (QED) is 0.800. The van der Waals surface area contributed by atoms with Crippen LogP contribution in [-0.4, -0.2) is 40.6 Å². The van der Waals surface area contributed by atoms with E-state index in [9.17, 15) is 0 Å². The number of hydrogen-bond acceptors (Lipinski definition) is 3. The number of nitrogens with one attached hydrogen (secondary N) is 1. The number of hydrogen-bond donors (Lipinski definition) is 1. The number of aromatic nitrogens is 2. The van der Waals surface area contributed by atoms with Gasteiger partial charge in [-0.25, -0.2) is 4.98 Å². The molecule has 1 saturated heterocycles. The topological polar surface area (TPSA) is 33.1 Å². The van der Waals surface area contributed by atoms with Crippen LogP contribution in [0.25, 0.3) is 0 Å². The van der Waals surface area contributed by atoms with E-state index in [2.05, 4.69) is 40.5 Å². The van der Waals surface area contributed by atoms with E-state index in [4.69, 9.17) is 0 Å². The van der Waals surface area contributed by atoms with Crippen LogP contribution in [0.5, 0.6) is 0 Å². The molecule has 0 bridgehead atoms. The number of nitrogens with zero attached hydrogens (tertiary/aromatic N) is 3. The van der Waals surface area contributed by atoms with Crippen LogP contribution < -0.4 is 5.32 Å². The molecule has 0 saturated carbocycles. The lowest BCUT2D eigenvalue weighted by molar-refractivity contribution is 0.193. The number of rotatable bonds is 6. The lowest BCUT2D eigenvalue weighted by Crippen LogP contribution is -2.37. The van der Waals surface area contributed by atoms with Crippen molar-refractivity contribution in [3.63, 3.8) is 0 Å². The fraction of sp³-hybridized carbons (Fsp3) is 0.800. The summed E-state index contributed by atoms with van der Waals surface area (Å²) >= 11 is 0. The van der Waals surface area contributed by atoms with Crippen molar-refractivity contribution in [1.82, 2.24) is 19.8 Å². The molecule has 0 amide bonds. The predicted octanol–water partition coefficient (Wildman–Crippen LogP) is 2.29. The molecule has 2 rings (SSSR count). The van der Waals surface area contributed by atoms with Crippen LogP contribution in [0, 0.1) is 5.92 Å². The highest BCUT2D eigenvalue weighted by atomic mass is 15.1. The van der Waals surface area contributed by atoms with Gasteiger partial charge < -0.3 is 14.8 Å². The van der Waals surface area contributed by atoms with Gasteiger partial charge in [0.1, 0.15) is 0 Å². The molecule has 4 nitrogen and oxygen atoms in total. The highest BCUT2D eigenvalue weighted by Gasteiger charge is 2.14. The molecule has 0 spiro atoms. The van der Waals surface area contributed by atoms with Gasteiger partial charge in [0, 0.05) is 31.9 Å². The molecule has 1 N–H and O–H groups in total. The van der Waals surface area contributed by atoms with Gasteiger partial charge in [-0.3, -0.25) is 0 Å². The van der Waals surface area contributed by atoms with E-state index in [1.54, 1.807) is 0 Å². The van der Waals surface area contributed by atoms with Gasteiger partial charge in [0.2, 0.25) is 0 Å². The van der Waals surface area contributed by atoms with E-state index in [1.165, 1.54) is 38.2 Å². The Morgan fingerprint density at radius 3 is 2.79 bits per heavy atom. The zero-order valence-corrected chi connectivity index (χ0v) is 12.6. The largest absolute Gasteiger partial charge is 0.331 e. The lowest BCUT2D eigenvalue weighted by atomic mass is 9.99. The van der Waals surface area contributed by atoms with Gasteiger partial charge in [0.05, 0.1) is 12.0 Å². The normalized spacial score (nSPS) is 18.3. The SMILES string of the molecule is CC1CCN(CCNCc2cncn2C(C)C)CC1. The Morgan fingerprint density at radius 2 is 2.11 bits per heavy atom.